The van der Waals surface area contributed by atoms with E-state index in [-0.39, 0.29) is 0 Å². The molecule has 1 aliphatic heterocycles. The van der Waals surface area contributed by atoms with Crippen LogP contribution in [-0.2, 0) is 16.0 Å². The fourth-order valence-corrected chi connectivity index (χ4v) is 2.04. The standard InChI is InChI=1S/C10H15N3O3/c14-10(15)9(5-8-6-11-7-12-8)13-1-3-16-4-2-13/h6-7,9H,1-5H2,(H,11,12)(H,14,15)/p+2/t9-/m0/s1. The van der Waals surface area contributed by atoms with E-state index in [0.29, 0.717) is 19.6 Å². The van der Waals surface area contributed by atoms with Gasteiger partial charge in [0.05, 0.1) is 19.6 Å². The van der Waals surface area contributed by atoms with Crippen LogP contribution in [0.4, 0.5) is 0 Å². The first-order chi connectivity index (χ1) is 7.77. The molecule has 1 fully saturated rings. The smallest absolute Gasteiger partial charge is 0.362 e. The maximum Gasteiger partial charge on any atom is 0.362 e. The third-order valence-electron chi connectivity index (χ3n) is 2.95. The second kappa shape index (κ2) is 5.09. The van der Waals surface area contributed by atoms with Crippen molar-refractivity contribution in [3.05, 3.63) is 18.2 Å². The zero-order chi connectivity index (χ0) is 11.4. The predicted octanol–water partition coefficient (Wildman–Crippen LogP) is -2.26. The average molecular weight is 227 g/mol. The molecule has 1 saturated heterocycles. The molecule has 1 atom stereocenters. The molecule has 0 spiro atoms. The van der Waals surface area contributed by atoms with Gasteiger partial charge in [-0.3, -0.25) is 4.98 Å². The van der Waals surface area contributed by atoms with Gasteiger partial charge in [0.2, 0.25) is 6.33 Å². The summed E-state index contributed by atoms with van der Waals surface area (Å²) in [5.41, 5.74) is 0.923. The Bertz CT molecular complexity index is 333. The number of ether oxygens (including phenoxy) is 1. The topological polar surface area (TPSA) is 80.9 Å². The zero-order valence-corrected chi connectivity index (χ0v) is 9.03. The van der Waals surface area contributed by atoms with Crippen LogP contribution in [0.2, 0.25) is 0 Å². The molecule has 0 aliphatic carbocycles. The van der Waals surface area contributed by atoms with Crippen molar-refractivity contribution in [2.24, 2.45) is 0 Å². The lowest BCUT2D eigenvalue weighted by Crippen LogP contribution is -3.19. The number of carboxylic acid groups (broad SMARTS) is 1. The number of H-pyrrole nitrogens is 2. The van der Waals surface area contributed by atoms with Crippen LogP contribution in [0.3, 0.4) is 0 Å². The van der Waals surface area contributed by atoms with Crippen LogP contribution in [0.5, 0.6) is 0 Å². The number of carbonyl (C=O) groups is 1. The molecule has 6 nitrogen and oxygen atoms in total. The summed E-state index contributed by atoms with van der Waals surface area (Å²) in [6.07, 6.45) is 4.02. The molecular formula is C10H17N3O3+2. The predicted molar refractivity (Wildman–Crippen MR) is 54.0 cm³/mol. The van der Waals surface area contributed by atoms with Crippen LogP contribution < -0.4 is 9.88 Å². The Morgan fingerprint density at radius 2 is 2.38 bits per heavy atom. The van der Waals surface area contributed by atoms with Gasteiger partial charge in [0.1, 0.15) is 25.0 Å². The fourth-order valence-electron chi connectivity index (χ4n) is 2.04. The second-order valence-electron chi connectivity index (χ2n) is 3.99. The monoisotopic (exact) mass is 227 g/mol. The summed E-state index contributed by atoms with van der Waals surface area (Å²) in [5.74, 6) is -0.744. The number of aliphatic carboxylic acids is 1. The summed E-state index contributed by atoms with van der Waals surface area (Å²) >= 11 is 0. The van der Waals surface area contributed by atoms with Gasteiger partial charge in [0, 0.05) is 0 Å². The molecule has 0 aromatic carbocycles. The molecule has 0 radical (unpaired) electrons. The number of hydrogen-bond donors (Lipinski definition) is 3. The molecule has 0 unspecified atom stereocenters. The molecule has 2 heterocycles. The third kappa shape index (κ3) is 2.59. The number of hydrogen-bond acceptors (Lipinski definition) is 2. The number of morpholine rings is 1. The molecule has 0 amide bonds. The molecule has 2 rings (SSSR count). The molecule has 1 aromatic heterocycles. The first-order valence-corrected chi connectivity index (χ1v) is 5.46. The largest absolute Gasteiger partial charge is 0.477 e. The SMILES string of the molecule is O=C(O)[C@H](Cc1c[nH+]c[nH]1)[NH+]1CCOCC1. The average Bonchev–Trinajstić information content (AvgIpc) is 2.79. The lowest BCUT2D eigenvalue weighted by atomic mass is 10.1. The van der Waals surface area contributed by atoms with Crippen molar-refractivity contribution in [3.8, 4) is 0 Å². The lowest BCUT2D eigenvalue weighted by molar-refractivity contribution is -0.924. The minimum Gasteiger partial charge on any atom is -0.477 e. The Balaban J connectivity index is 2.01. The number of aromatic amines is 2. The number of imidazole rings is 1. The van der Waals surface area contributed by atoms with Crippen LogP contribution in [0.25, 0.3) is 0 Å². The highest BCUT2D eigenvalue weighted by atomic mass is 16.5. The van der Waals surface area contributed by atoms with Crippen molar-refractivity contribution < 1.29 is 24.5 Å². The molecule has 4 N–H and O–H groups in total. The molecular weight excluding hydrogens is 210 g/mol. The Morgan fingerprint density at radius 3 is 2.94 bits per heavy atom. The van der Waals surface area contributed by atoms with E-state index in [0.717, 1.165) is 23.7 Å². The maximum atomic E-state index is 11.2. The van der Waals surface area contributed by atoms with E-state index in [1.54, 1.807) is 12.5 Å². The maximum absolute atomic E-state index is 11.2. The van der Waals surface area contributed by atoms with Crippen molar-refractivity contribution >= 4 is 5.97 Å². The van der Waals surface area contributed by atoms with Crippen molar-refractivity contribution in [2.45, 2.75) is 12.5 Å². The number of rotatable bonds is 4. The second-order valence-corrected chi connectivity index (χ2v) is 3.99. The van der Waals surface area contributed by atoms with E-state index in [1.807, 2.05) is 0 Å². The van der Waals surface area contributed by atoms with Gasteiger partial charge in [-0.15, -0.1) is 0 Å². The third-order valence-corrected chi connectivity index (χ3v) is 2.95. The highest BCUT2D eigenvalue weighted by Gasteiger charge is 2.32. The molecule has 1 aliphatic rings. The summed E-state index contributed by atoms with van der Waals surface area (Å²) in [7, 11) is 0. The van der Waals surface area contributed by atoms with Crippen molar-refractivity contribution in [1.82, 2.24) is 4.98 Å². The van der Waals surface area contributed by atoms with E-state index in [1.165, 1.54) is 0 Å². The minimum atomic E-state index is -0.744. The molecule has 1 aromatic rings. The number of quaternary nitrogens is 1. The van der Waals surface area contributed by atoms with Gasteiger partial charge < -0.3 is 14.7 Å². The molecule has 0 bridgehead atoms. The summed E-state index contributed by atoms with van der Waals surface area (Å²) in [5, 5.41) is 9.24. The molecule has 16 heavy (non-hydrogen) atoms. The van der Waals surface area contributed by atoms with Gasteiger partial charge in [-0.05, 0) is 0 Å². The van der Waals surface area contributed by atoms with E-state index in [4.69, 9.17) is 4.74 Å². The van der Waals surface area contributed by atoms with Gasteiger partial charge >= 0.3 is 5.97 Å². The quantitative estimate of drug-likeness (QED) is 0.543. The van der Waals surface area contributed by atoms with E-state index in [2.05, 4.69) is 9.97 Å². The number of aromatic nitrogens is 2. The van der Waals surface area contributed by atoms with Gasteiger partial charge in [-0.2, -0.15) is 0 Å². The van der Waals surface area contributed by atoms with Crippen molar-refractivity contribution in [2.75, 3.05) is 26.3 Å². The van der Waals surface area contributed by atoms with Crippen LogP contribution in [-0.4, -0.2) is 48.4 Å². The number of nitrogens with one attached hydrogen (secondary N) is 3. The molecule has 6 heteroatoms. The van der Waals surface area contributed by atoms with E-state index >= 15 is 0 Å². The summed E-state index contributed by atoms with van der Waals surface area (Å²) in [6, 6.07) is -0.393. The van der Waals surface area contributed by atoms with Crippen LogP contribution in [0, 0.1) is 0 Å². The highest BCUT2D eigenvalue weighted by molar-refractivity contribution is 5.72. The highest BCUT2D eigenvalue weighted by Crippen LogP contribution is 1.95. The summed E-state index contributed by atoms with van der Waals surface area (Å²) in [4.78, 5) is 18.2. The minimum absolute atomic E-state index is 0.393. The van der Waals surface area contributed by atoms with E-state index < -0.39 is 12.0 Å². The van der Waals surface area contributed by atoms with Gasteiger partial charge in [-0.1, -0.05) is 0 Å². The van der Waals surface area contributed by atoms with Crippen LogP contribution >= 0.6 is 0 Å². The van der Waals surface area contributed by atoms with Gasteiger partial charge in [0.25, 0.3) is 0 Å². The van der Waals surface area contributed by atoms with Crippen LogP contribution in [0.15, 0.2) is 12.5 Å². The Morgan fingerprint density at radius 1 is 1.62 bits per heavy atom. The van der Waals surface area contributed by atoms with Crippen molar-refractivity contribution in [3.63, 3.8) is 0 Å². The molecule has 88 valence electrons. The van der Waals surface area contributed by atoms with Crippen LogP contribution in [0.1, 0.15) is 5.69 Å². The van der Waals surface area contributed by atoms with Crippen molar-refractivity contribution in [1.29, 1.82) is 0 Å². The Labute approximate surface area is 93.2 Å². The zero-order valence-electron chi connectivity index (χ0n) is 9.03. The fraction of sp³-hybridized carbons (Fsp3) is 0.600. The lowest BCUT2D eigenvalue weighted by Gasteiger charge is -2.28. The van der Waals surface area contributed by atoms with Gasteiger partial charge in [0.15, 0.2) is 6.04 Å². The Hall–Kier alpha value is -1.40. The number of carboxylic acids is 1. The first-order valence-electron chi connectivity index (χ1n) is 5.46. The van der Waals surface area contributed by atoms with E-state index in [9.17, 15) is 9.90 Å². The first kappa shape index (κ1) is 11.1. The summed E-state index contributed by atoms with van der Waals surface area (Å²) < 4.78 is 5.24. The van der Waals surface area contributed by atoms with Gasteiger partial charge in [-0.25, -0.2) is 9.78 Å². The Kier molecular flexibility index (Phi) is 3.53. The normalized spacial score (nSPS) is 19.5. The summed E-state index contributed by atoms with van der Waals surface area (Å²) in [6.45, 7) is 2.83. The molecule has 0 saturated carbocycles.